The van der Waals surface area contributed by atoms with Crippen molar-refractivity contribution in [2.45, 2.75) is 26.7 Å². The van der Waals surface area contributed by atoms with Gasteiger partial charge in [-0.2, -0.15) is 5.10 Å². The van der Waals surface area contributed by atoms with Crippen LogP contribution in [0.15, 0.2) is 30.6 Å². The smallest absolute Gasteiger partial charge is 0.151 e. The molecule has 0 aliphatic heterocycles. The third-order valence-corrected chi connectivity index (χ3v) is 3.82. The largest absolute Gasteiger partial charge is 0.271 e. The van der Waals surface area contributed by atoms with Crippen molar-refractivity contribution in [1.82, 2.24) is 14.8 Å². The second kappa shape index (κ2) is 4.95. The fourth-order valence-electron chi connectivity index (χ4n) is 2.91. The number of benzene rings is 1. The molecule has 0 unspecified atom stereocenters. The SMILES string of the molecule is Cc1cnccc1-c1cc(F)c2nn(C)c(C(C)C)c2c1. The summed E-state index contributed by atoms with van der Waals surface area (Å²) in [6.45, 7) is 6.18. The van der Waals surface area contributed by atoms with Crippen LogP contribution in [0.5, 0.6) is 0 Å². The quantitative estimate of drug-likeness (QED) is 0.705. The second-order valence-electron chi connectivity index (χ2n) is 5.71. The number of nitrogens with zero attached hydrogens (tertiary/aromatic N) is 3. The third kappa shape index (κ3) is 2.20. The lowest BCUT2D eigenvalue weighted by Crippen LogP contribution is -1.99. The van der Waals surface area contributed by atoms with Gasteiger partial charge in [0.2, 0.25) is 0 Å². The Morgan fingerprint density at radius 1 is 1.24 bits per heavy atom. The number of rotatable bonds is 2. The van der Waals surface area contributed by atoms with Crippen molar-refractivity contribution in [3.05, 3.63) is 47.7 Å². The van der Waals surface area contributed by atoms with Crippen molar-refractivity contribution in [1.29, 1.82) is 0 Å². The van der Waals surface area contributed by atoms with Crippen LogP contribution in [0.4, 0.5) is 4.39 Å². The van der Waals surface area contributed by atoms with E-state index in [1.165, 1.54) is 0 Å². The lowest BCUT2D eigenvalue weighted by atomic mass is 9.98. The first-order valence-electron chi connectivity index (χ1n) is 7.06. The van der Waals surface area contributed by atoms with Crippen molar-refractivity contribution in [3.63, 3.8) is 0 Å². The van der Waals surface area contributed by atoms with E-state index in [-0.39, 0.29) is 11.7 Å². The normalized spacial score (nSPS) is 11.5. The van der Waals surface area contributed by atoms with Crippen molar-refractivity contribution < 1.29 is 4.39 Å². The van der Waals surface area contributed by atoms with Gasteiger partial charge in [-0.15, -0.1) is 0 Å². The number of halogens is 1. The van der Waals surface area contributed by atoms with Crippen LogP contribution in [0.1, 0.15) is 31.0 Å². The van der Waals surface area contributed by atoms with Gasteiger partial charge in [0, 0.05) is 30.5 Å². The van der Waals surface area contributed by atoms with Gasteiger partial charge in [0.15, 0.2) is 5.82 Å². The number of aryl methyl sites for hydroxylation is 2. The summed E-state index contributed by atoms with van der Waals surface area (Å²) in [4.78, 5) is 4.09. The summed E-state index contributed by atoms with van der Waals surface area (Å²) in [7, 11) is 1.87. The number of fused-ring (bicyclic) bond motifs is 1. The van der Waals surface area contributed by atoms with E-state index < -0.39 is 0 Å². The molecule has 0 saturated heterocycles. The molecule has 3 aromatic rings. The molecular formula is C17H18FN3. The van der Waals surface area contributed by atoms with Crippen LogP contribution in [-0.4, -0.2) is 14.8 Å². The topological polar surface area (TPSA) is 30.7 Å². The highest BCUT2D eigenvalue weighted by Gasteiger charge is 2.17. The summed E-state index contributed by atoms with van der Waals surface area (Å²) in [5, 5.41) is 5.21. The molecule has 4 heteroatoms. The van der Waals surface area contributed by atoms with Crippen LogP contribution in [0, 0.1) is 12.7 Å². The van der Waals surface area contributed by atoms with Crippen LogP contribution < -0.4 is 0 Å². The minimum absolute atomic E-state index is 0.277. The number of hydrogen-bond acceptors (Lipinski definition) is 2. The molecule has 0 spiro atoms. The molecule has 3 rings (SSSR count). The highest BCUT2D eigenvalue weighted by atomic mass is 19.1. The molecule has 0 radical (unpaired) electrons. The Kier molecular flexibility index (Phi) is 3.24. The van der Waals surface area contributed by atoms with Gasteiger partial charge in [-0.1, -0.05) is 13.8 Å². The molecule has 0 fully saturated rings. The maximum absolute atomic E-state index is 14.4. The van der Waals surface area contributed by atoms with E-state index in [1.54, 1.807) is 23.1 Å². The maximum Gasteiger partial charge on any atom is 0.151 e. The Balaban J connectivity index is 2.32. The molecule has 0 atom stereocenters. The third-order valence-electron chi connectivity index (χ3n) is 3.82. The van der Waals surface area contributed by atoms with Crippen LogP contribution in [0.3, 0.4) is 0 Å². The van der Waals surface area contributed by atoms with E-state index in [2.05, 4.69) is 23.9 Å². The van der Waals surface area contributed by atoms with E-state index in [0.29, 0.717) is 5.52 Å². The van der Waals surface area contributed by atoms with Crippen LogP contribution in [0.2, 0.25) is 0 Å². The maximum atomic E-state index is 14.4. The molecule has 0 saturated carbocycles. The summed E-state index contributed by atoms with van der Waals surface area (Å²) < 4.78 is 16.2. The molecule has 3 nitrogen and oxygen atoms in total. The van der Waals surface area contributed by atoms with Gasteiger partial charge >= 0.3 is 0 Å². The molecule has 2 aromatic heterocycles. The molecule has 0 amide bonds. The van der Waals surface area contributed by atoms with Gasteiger partial charge < -0.3 is 0 Å². The van der Waals surface area contributed by atoms with E-state index in [9.17, 15) is 4.39 Å². The molecule has 2 heterocycles. The molecule has 0 bridgehead atoms. The lowest BCUT2D eigenvalue weighted by Gasteiger charge is -2.08. The number of hydrogen-bond donors (Lipinski definition) is 0. The predicted octanol–water partition coefficient (Wildman–Crippen LogP) is 4.21. The van der Waals surface area contributed by atoms with Crippen LogP contribution in [0.25, 0.3) is 22.0 Å². The van der Waals surface area contributed by atoms with Crippen molar-refractivity contribution in [2.75, 3.05) is 0 Å². The summed E-state index contributed by atoms with van der Waals surface area (Å²) in [6, 6.07) is 5.51. The van der Waals surface area contributed by atoms with Crippen molar-refractivity contribution in [2.24, 2.45) is 7.05 Å². The van der Waals surface area contributed by atoms with Gasteiger partial charge in [0.05, 0.1) is 0 Å². The van der Waals surface area contributed by atoms with Crippen LogP contribution >= 0.6 is 0 Å². The van der Waals surface area contributed by atoms with Crippen molar-refractivity contribution >= 4 is 10.9 Å². The highest BCUT2D eigenvalue weighted by molar-refractivity contribution is 5.88. The zero-order valence-electron chi connectivity index (χ0n) is 12.7. The standard InChI is InChI=1S/C17H18FN3/c1-10(2)17-14-7-12(13-5-6-19-9-11(13)3)8-15(18)16(14)20-21(17)4/h5-10H,1-4H3. The molecule has 1 aromatic carbocycles. The van der Waals surface area contributed by atoms with E-state index in [4.69, 9.17) is 0 Å². The van der Waals surface area contributed by atoms with E-state index >= 15 is 0 Å². The zero-order chi connectivity index (χ0) is 15.1. The second-order valence-corrected chi connectivity index (χ2v) is 5.71. The first-order valence-corrected chi connectivity index (χ1v) is 7.06. The zero-order valence-corrected chi connectivity index (χ0v) is 12.7. The minimum atomic E-state index is -0.277. The van der Waals surface area contributed by atoms with E-state index in [1.807, 2.05) is 26.1 Å². The first-order chi connectivity index (χ1) is 9.99. The Morgan fingerprint density at radius 2 is 2.00 bits per heavy atom. The average Bonchev–Trinajstić information content (AvgIpc) is 2.76. The van der Waals surface area contributed by atoms with Crippen molar-refractivity contribution in [3.8, 4) is 11.1 Å². The Labute approximate surface area is 123 Å². The first kappa shape index (κ1) is 13.7. The monoisotopic (exact) mass is 283 g/mol. The molecular weight excluding hydrogens is 265 g/mol. The van der Waals surface area contributed by atoms with E-state index in [0.717, 1.165) is 27.8 Å². The fourth-order valence-corrected chi connectivity index (χ4v) is 2.91. The average molecular weight is 283 g/mol. The highest BCUT2D eigenvalue weighted by Crippen LogP contribution is 2.32. The number of pyridine rings is 1. The van der Waals surface area contributed by atoms with Gasteiger partial charge in [-0.25, -0.2) is 4.39 Å². The molecule has 0 aliphatic carbocycles. The number of aromatic nitrogens is 3. The van der Waals surface area contributed by atoms with Gasteiger partial charge in [0.25, 0.3) is 0 Å². The Bertz CT molecular complexity index is 818. The van der Waals surface area contributed by atoms with Gasteiger partial charge in [0.1, 0.15) is 5.52 Å². The van der Waals surface area contributed by atoms with Gasteiger partial charge in [-0.05, 0) is 47.7 Å². The van der Waals surface area contributed by atoms with Gasteiger partial charge in [-0.3, -0.25) is 9.67 Å². The predicted molar refractivity (Wildman–Crippen MR) is 82.7 cm³/mol. The Morgan fingerprint density at radius 3 is 2.67 bits per heavy atom. The summed E-state index contributed by atoms with van der Waals surface area (Å²) in [6.07, 6.45) is 3.53. The molecule has 21 heavy (non-hydrogen) atoms. The minimum Gasteiger partial charge on any atom is -0.271 e. The molecule has 0 N–H and O–H groups in total. The summed E-state index contributed by atoms with van der Waals surface area (Å²) in [5.74, 6) is 0.00870. The molecule has 108 valence electrons. The Hall–Kier alpha value is -2.23. The lowest BCUT2D eigenvalue weighted by molar-refractivity contribution is 0.629. The summed E-state index contributed by atoms with van der Waals surface area (Å²) >= 11 is 0. The fraction of sp³-hybridized carbons (Fsp3) is 0.294. The molecule has 0 aliphatic rings. The summed E-state index contributed by atoms with van der Waals surface area (Å²) in [5.41, 5.74) is 4.40. The van der Waals surface area contributed by atoms with Crippen LogP contribution in [-0.2, 0) is 7.05 Å².